The maximum atomic E-state index is 12.7. The van der Waals surface area contributed by atoms with E-state index in [4.69, 9.17) is 11.6 Å². The second kappa shape index (κ2) is 7.37. The fraction of sp³-hybridized carbons (Fsp3) is 0.632. The highest BCUT2D eigenvalue weighted by atomic mass is 35.5. The number of hydrogen-bond acceptors (Lipinski definition) is 3. The number of halogens is 1. The minimum Gasteiger partial charge on any atom is -0.294 e. The smallest absolute Gasteiger partial charge is 0.214 e. The molecule has 1 saturated heterocycles. The number of sulfonamides is 1. The Morgan fingerprint density at radius 3 is 2.72 bits per heavy atom. The Kier molecular flexibility index (Phi) is 5.57. The fourth-order valence-electron chi connectivity index (χ4n) is 4.40. The van der Waals surface area contributed by atoms with E-state index < -0.39 is 10.0 Å². The lowest BCUT2D eigenvalue weighted by Gasteiger charge is -2.20. The normalized spacial score (nSPS) is 26.8. The molecule has 1 aliphatic heterocycles. The highest BCUT2D eigenvalue weighted by Crippen LogP contribution is 2.45. The number of carbonyl (C=O) groups is 1. The first-order chi connectivity index (χ1) is 11.8. The molecule has 4 nitrogen and oxygen atoms in total. The molecule has 138 valence electrons. The highest BCUT2D eigenvalue weighted by molar-refractivity contribution is 7.89. The number of benzene rings is 1. The van der Waals surface area contributed by atoms with Crippen molar-refractivity contribution >= 4 is 27.4 Å². The summed E-state index contributed by atoms with van der Waals surface area (Å²) in [6.45, 7) is 5.04. The summed E-state index contributed by atoms with van der Waals surface area (Å²) < 4.78 is 26.3. The average Bonchev–Trinajstić information content (AvgIpc) is 3.09. The number of fused-ring (bicyclic) bond motifs is 1. The Hall–Kier alpha value is -0.910. The molecule has 6 heteroatoms. The van der Waals surface area contributed by atoms with Gasteiger partial charge >= 0.3 is 0 Å². The van der Waals surface area contributed by atoms with Crippen LogP contribution >= 0.6 is 11.6 Å². The van der Waals surface area contributed by atoms with Gasteiger partial charge in [0.25, 0.3) is 0 Å². The maximum absolute atomic E-state index is 12.7. The van der Waals surface area contributed by atoms with Crippen molar-refractivity contribution in [2.45, 2.75) is 39.5 Å². The van der Waals surface area contributed by atoms with Crippen LogP contribution < -0.4 is 0 Å². The first-order valence-electron chi connectivity index (χ1n) is 9.09. The number of hydrogen-bond donors (Lipinski definition) is 0. The Morgan fingerprint density at radius 2 is 2.04 bits per heavy atom. The van der Waals surface area contributed by atoms with E-state index in [2.05, 4.69) is 0 Å². The van der Waals surface area contributed by atoms with Gasteiger partial charge < -0.3 is 0 Å². The summed E-state index contributed by atoms with van der Waals surface area (Å²) in [6.07, 6.45) is 3.13. The predicted molar refractivity (Wildman–Crippen MR) is 100 cm³/mol. The van der Waals surface area contributed by atoms with Crippen LogP contribution in [-0.4, -0.2) is 37.3 Å². The van der Waals surface area contributed by atoms with E-state index in [1.54, 1.807) is 10.4 Å². The van der Waals surface area contributed by atoms with Crippen LogP contribution in [0.4, 0.5) is 0 Å². The van der Waals surface area contributed by atoms with Crippen LogP contribution in [0.15, 0.2) is 18.2 Å². The number of carbonyl (C=O) groups excluding carboxylic acids is 1. The van der Waals surface area contributed by atoms with E-state index in [-0.39, 0.29) is 17.5 Å². The largest absolute Gasteiger partial charge is 0.294 e. The molecule has 2 aliphatic rings. The lowest BCUT2D eigenvalue weighted by atomic mass is 9.87. The zero-order chi connectivity index (χ0) is 18.2. The molecule has 1 heterocycles. The molecule has 0 N–H and O–H groups in total. The maximum Gasteiger partial charge on any atom is 0.214 e. The third kappa shape index (κ3) is 3.93. The van der Waals surface area contributed by atoms with Gasteiger partial charge in [0.15, 0.2) is 5.78 Å². The lowest BCUT2D eigenvalue weighted by molar-refractivity contribution is 0.0950. The van der Waals surface area contributed by atoms with Crippen molar-refractivity contribution in [3.05, 3.63) is 34.3 Å². The summed E-state index contributed by atoms with van der Waals surface area (Å²) in [5, 5.41) is 0.512. The highest BCUT2D eigenvalue weighted by Gasteiger charge is 2.46. The predicted octanol–water partition coefficient (Wildman–Crippen LogP) is 3.92. The summed E-state index contributed by atoms with van der Waals surface area (Å²) in [7, 11) is -3.14. The Morgan fingerprint density at radius 1 is 1.28 bits per heavy atom. The van der Waals surface area contributed by atoms with E-state index in [0.717, 1.165) is 18.4 Å². The second-order valence-electron chi connectivity index (χ2n) is 7.50. The molecular formula is C19H26ClNO3S. The van der Waals surface area contributed by atoms with Crippen molar-refractivity contribution in [1.29, 1.82) is 0 Å². The molecule has 0 bridgehead atoms. The molecule has 0 spiro atoms. The van der Waals surface area contributed by atoms with E-state index in [1.165, 1.54) is 0 Å². The molecule has 25 heavy (non-hydrogen) atoms. The van der Waals surface area contributed by atoms with Gasteiger partial charge in [0, 0.05) is 25.1 Å². The Labute approximate surface area is 155 Å². The van der Waals surface area contributed by atoms with Crippen molar-refractivity contribution in [2.75, 3.05) is 18.8 Å². The van der Waals surface area contributed by atoms with Crippen LogP contribution in [0.25, 0.3) is 0 Å². The Balaban J connectivity index is 1.68. The van der Waals surface area contributed by atoms with E-state index in [9.17, 15) is 13.2 Å². The van der Waals surface area contributed by atoms with E-state index in [1.807, 2.05) is 26.0 Å². The molecule has 3 unspecified atom stereocenters. The molecule has 0 aromatic heterocycles. The van der Waals surface area contributed by atoms with Crippen LogP contribution in [-0.2, 0) is 10.0 Å². The molecule has 1 aromatic carbocycles. The van der Waals surface area contributed by atoms with Crippen molar-refractivity contribution < 1.29 is 13.2 Å². The third-order valence-electron chi connectivity index (χ3n) is 5.70. The molecule has 3 rings (SSSR count). The van der Waals surface area contributed by atoms with Gasteiger partial charge in [-0.3, -0.25) is 4.79 Å². The SMILES string of the molecule is CCCS(=O)(=O)N1CC2CCC(CC(=O)c3ccc(C)cc3Cl)C2C1. The van der Waals surface area contributed by atoms with Gasteiger partial charge in [0.1, 0.15) is 0 Å². The second-order valence-corrected chi connectivity index (χ2v) is 10.0. The Bertz CT molecular complexity index is 762. The standard InChI is InChI=1S/C19H26ClNO3S/c1-3-8-25(23,24)21-11-15-6-5-14(17(15)12-21)10-19(22)16-7-4-13(2)9-18(16)20/h4,7,9,14-15,17H,3,5-6,8,10-12H2,1-2H3. The number of rotatable bonds is 6. The van der Waals surface area contributed by atoms with Gasteiger partial charge in [-0.1, -0.05) is 24.6 Å². The van der Waals surface area contributed by atoms with Gasteiger partial charge in [-0.2, -0.15) is 0 Å². The van der Waals surface area contributed by atoms with E-state index in [0.29, 0.717) is 48.4 Å². The number of ketones is 1. The van der Waals surface area contributed by atoms with Gasteiger partial charge in [-0.25, -0.2) is 12.7 Å². The number of aryl methyl sites for hydroxylation is 1. The van der Waals surface area contributed by atoms with Gasteiger partial charge in [0.2, 0.25) is 10.0 Å². The van der Waals surface area contributed by atoms with Crippen LogP contribution in [0.1, 0.15) is 48.5 Å². The fourth-order valence-corrected chi connectivity index (χ4v) is 6.33. The summed E-state index contributed by atoms with van der Waals surface area (Å²) in [6, 6.07) is 5.53. The van der Waals surface area contributed by atoms with Gasteiger partial charge in [-0.15, -0.1) is 0 Å². The van der Waals surface area contributed by atoms with Crippen LogP contribution in [0.2, 0.25) is 5.02 Å². The minimum atomic E-state index is -3.14. The first-order valence-corrected chi connectivity index (χ1v) is 11.1. The summed E-state index contributed by atoms with van der Waals surface area (Å²) in [5.41, 5.74) is 1.62. The van der Waals surface area contributed by atoms with Gasteiger partial charge in [-0.05, 0) is 61.6 Å². The van der Waals surface area contributed by atoms with Crippen LogP contribution in [0, 0.1) is 24.7 Å². The summed E-state index contributed by atoms with van der Waals surface area (Å²) in [5.74, 6) is 1.26. The molecule has 2 fully saturated rings. The van der Waals surface area contributed by atoms with Crippen molar-refractivity contribution in [2.24, 2.45) is 17.8 Å². The monoisotopic (exact) mass is 383 g/mol. The quantitative estimate of drug-likeness (QED) is 0.699. The third-order valence-corrected chi connectivity index (χ3v) is 8.02. The number of Topliss-reactive ketones (excluding diaryl/α,β-unsaturated/α-hetero) is 1. The molecule has 3 atom stereocenters. The molecular weight excluding hydrogens is 358 g/mol. The van der Waals surface area contributed by atoms with Crippen molar-refractivity contribution in [1.82, 2.24) is 4.31 Å². The summed E-state index contributed by atoms with van der Waals surface area (Å²) >= 11 is 6.23. The lowest BCUT2D eigenvalue weighted by Crippen LogP contribution is -2.32. The van der Waals surface area contributed by atoms with Crippen LogP contribution in [0.5, 0.6) is 0 Å². The average molecular weight is 384 g/mol. The number of nitrogens with zero attached hydrogens (tertiary/aromatic N) is 1. The van der Waals surface area contributed by atoms with E-state index >= 15 is 0 Å². The topological polar surface area (TPSA) is 54.5 Å². The van der Waals surface area contributed by atoms with Gasteiger partial charge in [0.05, 0.1) is 10.8 Å². The molecule has 0 amide bonds. The van der Waals surface area contributed by atoms with Crippen molar-refractivity contribution in [3.8, 4) is 0 Å². The van der Waals surface area contributed by atoms with Crippen molar-refractivity contribution in [3.63, 3.8) is 0 Å². The summed E-state index contributed by atoms with van der Waals surface area (Å²) in [4.78, 5) is 12.7. The molecule has 1 saturated carbocycles. The first kappa shape index (κ1) is 18.9. The zero-order valence-electron chi connectivity index (χ0n) is 14.9. The van der Waals surface area contributed by atoms with Crippen LogP contribution in [0.3, 0.4) is 0 Å². The minimum absolute atomic E-state index is 0.0746. The molecule has 1 aliphatic carbocycles. The molecule has 0 radical (unpaired) electrons. The zero-order valence-corrected chi connectivity index (χ0v) is 16.4. The molecule has 1 aromatic rings.